The lowest BCUT2D eigenvalue weighted by Crippen LogP contribution is -2.46. The molecule has 0 spiro atoms. The van der Waals surface area contributed by atoms with Crippen LogP contribution in [0.25, 0.3) is 0 Å². The number of benzene rings is 1. The summed E-state index contributed by atoms with van der Waals surface area (Å²) in [6.07, 6.45) is 3.24. The zero-order chi connectivity index (χ0) is 20.8. The molecule has 4 rings (SSSR count). The molecule has 6 nitrogen and oxygen atoms in total. The molecule has 0 amide bonds. The number of nitrogens with zero attached hydrogens (tertiary/aromatic N) is 5. The largest absolute Gasteiger partial charge is 0.369 e. The van der Waals surface area contributed by atoms with E-state index in [4.69, 9.17) is 0 Å². The minimum atomic E-state index is 0.798. The van der Waals surface area contributed by atoms with Gasteiger partial charge in [-0.25, -0.2) is 4.98 Å². The molecule has 6 heteroatoms. The Balaban J connectivity index is 1.34. The van der Waals surface area contributed by atoms with Gasteiger partial charge in [0.1, 0.15) is 5.82 Å². The van der Waals surface area contributed by atoms with Crippen molar-refractivity contribution in [2.45, 2.75) is 19.9 Å². The summed E-state index contributed by atoms with van der Waals surface area (Å²) in [5.74, 6) is 0.940. The van der Waals surface area contributed by atoms with Crippen LogP contribution in [0, 0.1) is 0 Å². The number of hydrogen-bond donors (Lipinski definition) is 1. The van der Waals surface area contributed by atoms with Gasteiger partial charge >= 0.3 is 0 Å². The van der Waals surface area contributed by atoms with Gasteiger partial charge in [-0.3, -0.25) is 4.90 Å². The summed E-state index contributed by atoms with van der Waals surface area (Å²) in [4.78, 5) is 14.6. The maximum Gasteiger partial charge on any atom is 0.126 e. The molecule has 3 heterocycles. The van der Waals surface area contributed by atoms with Gasteiger partial charge < -0.3 is 20.0 Å². The minimum Gasteiger partial charge on any atom is -0.369 e. The lowest BCUT2D eigenvalue weighted by atomic mass is 10.1. The third kappa shape index (κ3) is 5.24. The Morgan fingerprint density at radius 3 is 2.30 bits per heavy atom. The van der Waals surface area contributed by atoms with Gasteiger partial charge in [0.2, 0.25) is 0 Å². The first-order valence-electron chi connectivity index (χ1n) is 11.4. The molecule has 0 bridgehead atoms. The van der Waals surface area contributed by atoms with Crippen LogP contribution >= 0.6 is 0 Å². The average Bonchev–Trinajstić information content (AvgIpc) is 2.80. The maximum atomic E-state index is 4.67. The van der Waals surface area contributed by atoms with Gasteiger partial charge in [0.05, 0.1) is 11.9 Å². The fourth-order valence-corrected chi connectivity index (χ4v) is 4.43. The van der Waals surface area contributed by atoms with E-state index in [2.05, 4.69) is 80.3 Å². The van der Waals surface area contributed by atoms with E-state index in [0.717, 1.165) is 64.7 Å². The van der Waals surface area contributed by atoms with E-state index in [1.807, 2.05) is 6.20 Å². The zero-order valence-electron chi connectivity index (χ0n) is 18.6. The maximum absolute atomic E-state index is 4.67. The molecule has 1 aromatic heterocycles. The van der Waals surface area contributed by atoms with Crippen molar-refractivity contribution in [3.8, 4) is 0 Å². The van der Waals surface area contributed by atoms with Gasteiger partial charge in [-0.2, -0.15) is 0 Å². The molecule has 2 aliphatic rings. The number of rotatable bonds is 7. The molecule has 2 aliphatic heterocycles. The van der Waals surface area contributed by atoms with Crippen LogP contribution in [-0.4, -0.2) is 80.7 Å². The Bertz CT molecular complexity index is 777. The topological polar surface area (TPSA) is 37.9 Å². The van der Waals surface area contributed by atoms with E-state index in [9.17, 15) is 0 Å². The van der Waals surface area contributed by atoms with Crippen LogP contribution < -0.4 is 15.1 Å². The van der Waals surface area contributed by atoms with Crippen molar-refractivity contribution in [2.24, 2.45) is 0 Å². The Labute approximate surface area is 181 Å². The molecular formula is C24H36N6. The highest BCUT2D eigenvalue weighted by atomic mass is 15.3. The van der Waals surface area contributed by atoms with Crippen LogP contribution in [0.15, 0.2) is 42.6 Å². The number of aromatic nitrogens is 1. The molecule has 0 unspecified atom stereocenters. The van der Waals surface area contributed by atoms with Crippen LogP contribution in [0.1, 0.15) is 18.9 Å². The van der Waals surface area contributed by atoms with Crippen molar-refractivity contribution in [3.05, 3.63) is 48.2 Å². The Hall–Kier alpha value is -2.31. The highest BCUT2D eigenvalue weighted by molar-refractivity contribution is 5.56. The quantitative estimate of drug-likeness (QED) is 0.759. The highest BCUT2D eigenvalue weighted by Gasteiger charge is 2.18. The van der Waals surface area contributed by atoms with Gasteiger partial charge in [-0.1, -0.05) is 25.1 Å². The van der Waals surface area contributed by atoms with Crippen LogP contribution in [0.5, 0.6) is 0 Å². The number of anilines is 3. The smallest absolute Gasteiger partial charge is 0.126 e. The summed E-state index contributed by atoms with van der Waals surface area (Å²) in [5, 5.41) is 3.53. The van der Waals surface area contributed by atoms with E-state index in [1.165, 1.54) is 29.9 Å². The van der Waals surface area contributed by atoms with E-state index in [-0.39, 0.29) is 0 Å². The molecule has 2 saturated heterocycles. The molecule has 1 aromatic carbocycles. The molecule has 0 radical (unpaired) electrons. The van der Waals surface area contributed by atoms with Crippen molar-refractivity contribution < 1.29 is 0 Å². The normalized spacial score (nSPS) is 18.6. The predicted octanol–water partition coefficient (Wildman–Crippen LogP) is 2.98. The zero-order valence-corrected chi connectivity index (χ0v) is 18.6. The van der Waals surface area contributed by atoms with E-state index in [1.54, 1.807) is 0 Å². The Kier molecular flexibility index (Phi) is 7.07. The van der Waals surface area contributed by atoms with Crippen molar-refractivity contribution >= 4 is 17.2 Å². The Morgan fingerprint density at radius 2 is 1.60 bits per heavy atom. The first-order valence-corrected chi connectivity index (χ1v) is 11.4. The van der Waals surface area contributed by atoms with E-state index >= 15 is 0 Å². The average molecular weight is 409 g/mol. The minimum absolute atomic E-state index is 0.798. The number of piperazine rings is 2. The fraction of sp³-hybridized carbons (Fsp3) is 0.542. The molecule has 0 atom stereocenters. The van der Waals surface area contributed by atoms with Gasteiger partial charge in [0.15, 0.2) is 0 Å². The van der Waals surface area contributed by atoms with Crippen LogP contribution in [0.2, 0.25) is 0 Å². The summed E-state index contributed by atoms with van der Waals surface area (Å²) in [5.41, 5.74) is 3.92. The molecule has 162 valence electrons. The van der Waals surface area contributed by atoms with E-state index in [0.29, 0.717) is 0 Å². The first kappa shape index (κ1) is 20.9. The molecule has 2 fully saturated rings. The van der Waals surface area contributed by atoms with Gasteiger partial charge in [0.25, 0.3) is 0 Å². The third-order valence-corrected chi connectivity index (χ3v) is 6.32. The van der Waals surface area contributed by atoms with Crippen molar-refractivity contribution in [1.29, 1.82) is 0 Å². The van der Waals surface area contributed by atoms with Crippen LogP contribution in [0.3, 0.4) is 0 Å². The summed E-state index contributed by atoms with van der Waals surface area (Å²) < 4.78 is 0. The lowest BCUT2D eigenvalue weighted by Gasteiger charge is -2.37. The van der Waals surface area contributed by atoms with Crippen LogP contribution in [-0.2, 0) is 6.54 Å². The van der Waals surface area contributed by atoms with Crippen molar-refractivity contribution in [3.63, 3.8) is 0 Å². The molecule has 30 heavy (non-hydrogen) atoms. The summed E-state index contributed by atoms with van der Waals surface area (Å²) in [7, 11) is 2.19. The number of nitrogens with one attached hydrogen (secondary N) is 1. The van der Waals surface area contributed by atoms with Gasteiger partial charge in [-0.05, 0) is 43.8 Å². The van der Waals surface area contributed by atoms with E-state index < -0.39 is 0 Å². The number of pyridine rings is 1. The summed E-state index contributed by atoms with van der Waals surface area (Å²) >= 11 is 0. The van der Waals surface area contributed by atoms with Crippen molar-refractivity contribution in [1.82, 2.24) is 14.8 Å². The summed E-state index contributed by atoms with van der Waals surface area (Å²) in [6.45, 7) is 13.2. The highest BCUT2D eigenvalue weighted by Crippen LogP contribution is 2.23. The van der Waals surface area contributed by atoms with Gasteiger partial charge in [-0.15, -0.1) is 0 Å². The number of likely N-dealkylation sites (N-methyl/N-ethyl adjacent to an activating group) is 1. The Morgan fingerprint density at radius 1 is 0.867 bits per heavy atom. The lowest BCUT2D eigenvalue weighted by molar-refractivity contribution is 0.258. The number of para-hydroxylation sites is 1. The first-order chi connectivity index (χ1) is 14.7. The molecule has 1 N–H and O–H groups in total. The monoisotopic (exact) mass is 408 g/mol. The third-order valence-electron chi connectivity index (χ3n) is 6.32. The van der Waals surface area contributed by atoms with Gasteiger partial charge in [0, 0.05) is 64.6 Å². The standard InChI is InChI=1S/C24H36N6/c1-3-10-28-13-17-30(18-14-28)23-7-5-4-6-21(23)19-25-24-9-8-22(20-26-24)29-15-11-27(2)12-16-29/h4-9,20H,3,10-19H2,1-2H3,(H,25,26). The SMILES string of the molecule is CCCN1CCN(c2ccccc2CNc2ccc(N3CCN(C)CC3)cn2)CC1. The molecular weight excluding hydrogens is 372 g/mol. The second-order valence-electron chi connectivity index (χ2n) is 8.50. The molecule has 0 saturated carbocycles. The van der Waals surface area contributed by atoms with Crippen molar-refractivity contribution in [2.75, 3.05) is 81.1 Å². The second-order valence-corrected chi connectivity index (χ2v) is 8.50. The fourth-order valence-electron chi connectivity index (χ4n) is 4.43. The number of hydrogen-bond acceptors (Lipinski definition) is 6. The molecule has 2 aromatic rings. The summed E-state index contributed by atoms with van der Waals surface area (Å²) in [6, 6.07) is 13.1. The van der Waals surface area contributed by atoms with Crippen LogP contribution in [0.4, 0.5) is 17.2 Å². The molecule has 0 aliphatic carbocycles. The predicted molar refractivity (Wildman–Crippen MR) is 127 cm³/mol. The second kappa shape index (κ2) is 10.1.